The zero-order chi connectivity index (χ0) is 14.9. The van der Waals surface area contributed by atoms with E-state index in [-0.39, 0.29) is 25.7 Å². The Labute approximate surface area is 103 Å². The Balaban J connectivity index is 3.05. The largest absolute Gasteiger partial charge is 0.423 e. The van der Waals surface area contributed by atoms with Gasteiger partial charge in [-0.1, -0.05) is 12.8 Å². The van der Waals surface area contributed by atoms with E-state index < -0.39 is 36.9 Å². The fourth-order valence-electron chi connectivity index (χ4n) is 1.65. The molecule has 9 heteroatoms. The SMILES string of the molecule is FC1(F)CCCCCCC(F)(F)C(F)(F)OC1(F)F. The molecule has 0 atom stereocenters. The minimum absolute atomic E-state index is 0.0205. The molecule has 0 bridgehead atoms. The van der Waals surface area contributed by atoms with E-state index in [1.54, 1.807) is 0 Å². The Kier molecular flexibility index (Phi) is 4.39. The van der Waals surface area contributed by atoms with Crippen molar-refractivity contribution >= 4 is 0 Å². The number of hydrogen-bond donors (Lipinski definition) is 0. The van der Waals surface area contributed by atoms with Gasteiger partial charge in [0.1, 0.15) is 0 Å². The molecular formula is C10H12F8O. The Morgan fingerprint density at radius 1 is 0.526 bits per heavy atom. The van der Waals surface area contributed by atoms with Crippen LogP contribution >= 0.6 is 0 Å². The summed E-state index contributed by atoms with van der Waals surface area (Å²) in [7, 11) is 0. The minimum Gasteiger partial charge on any atom is -0.246 e. The highest BCUT2D eigenvalue weighted by molar-refractivity contribution is 4.84. The zero-order valence-electron chi connectivity index (χ0n) is 9.67. The van der Waals surface area contributed by atoms with E-state index in [0.717, 1.165) is 0 Å². The lowest BCUT2D eigenvalue weighted by atomic mass is 10.1. The van der Waals surface area contributed by atoms with Crippen molar-refractivity contribution in [1.29, 1.82) is 0 Å². The van der Waals surface area contributed by atoms with Crippen LogP contribution < -0.4 is 0 Å². The van der Waals surface area contributed by atoms with Crippen LogP contribution in [0.3, 0.4) is 0 Å². The van der Waals surface area contributed by atoms with Gasteiger partial charge in [0.2, 0.25) is 0 Å². The molecule has 1 saturated heterocycles. The van der Waals surface area contributed by atoms with E-state index in [4.69, 9.17) is 0 Å². The number of ether oxygens (including phenoxy) is 1. The summed E-state index contributed by atoms with van der Waals surface area (Å²) in [5.74, 6) is -9.84. The van der Waals surface area contributed by atoms with E-state index in [0.29, 0.717) is 0 Å². The predicted octanol–water partition coefficient (Wildman–Crippen LogP) is 4.81. The first-order chi connectivity index (χ1) is 8.41. The molecule has 0 radical (unpaired) electrons. The third-order valence-corrected chi connectivity index (χ3v) is 2.84. The smallest absolute Gasteiger partial charge is 0.246 e. The van der Waals surface area contributed by atoms with E-state index in [2.05, 4.69) is 4.74 Å². The van der Waals surface area contributed by atoms with Crippen LogP contribution in [-0.2, 0) is 4.74 Å². The van der Waals surface area contributed by atoms with Crippen LogP contribution in [0.4, 0.5) is 35.1 Å². The molecule has 0 amide bonds. The third-order valence-electron chi connectivity index (χ3n) is 2.84. The van der Waals surface area contributed by atoms with Gasteiger partial charge in [-0.25, -0.2) is 4.74 Å². The monoisotopic (exact) mass is 300 g/mol. The first kappa shape index (κ1) is 16.5. The normalized spacial score (nSPS) is 30.3. The molecule has 1 aliphatic heterocycles. The molecule has 1 aliphatic rings. The van der Waals surface area contributed by atoms with Gasteiger partial charge in [-0.3, -0.25) is 0 Å². The van der Waals surface area contributed by atoms with Crippen molar-refractivity contribution in [1.82, 2.24) is 0 Å². The molecule has 1 rings (SSSR count). The van der Waals surface area contributed by atoms with Crippen molar-refractivity contribution in [3.63, 3.8) is 0 Å². The lowest BCUT2D eigenvalue weighted by Gasteiger charge is -2.32. The van der Waals surface area contributed by atoms with E-state index in [1.807, 2.05) is 0 Å². The Hall–Kier alpha value is -0.600. The standard InChI is InChI=1S/C10H12F8O/c11-7(12)5-3-1-2-4-6-8(13,14)10(17,18)19-9(7,15)16/h1-6H2. The molecule has 1 fully saturated rings. The molecule has 114 valence electrons. The molecule has 0 spiro atoms. The van der Waals surface area contributed by atoms with Gasteiger partial charge in [-0.05, 0) is 12.8 Å². The highest BCUT2D eigenvalue weighted by Crippen LogP contribution is 2.48. The van der Waals surface area contributed by atoms with Crippen molar-refractivity contribution in [3.05, 3.63) is 0 Å². The van der Waals surface area contributed by atoms with Crippen LogP contribution in [-0.4, -0.2) is 24.1 Å². The lowest BCUT2D eigenvalue weighted by Crippen LogP contribution is -2.53. The molecule has 0 N–H and O–H groups in total. The number of halogens is 8. The Bertz CT molecular complexity index is 285. The molecule has 0 aromatic rings. The van der Waals surface area contributed by atoms with Gasteiger partial charge < -0.3 is 0 Å². The minimum atomic E-state index is -5.65. The molecule has 0 saturated carbocycles. The maximum Gasteiger partial charge on any atom is 0.423 e. The fraction of sp³-hybridized carbons (Fsp3) is 1.00. The number of rotatable bonds is 0. The molecule has 0 aromatic carbocycles. The molecule has 1 nitrogen and oxygen atoms in total. The molecular weight excluding hydrogens is 288 g/mol. The predicted molar refractivity (Wildman–Crippen MR) is 48.6 cm³/mol. The Morgan fingerprint density at radius 3 is 1.16 bits per heavy atom. The van der Waals surface area contributed by atoms with E-state index >= 15 is 0 Å². The van der Waals surface area contributed by atoms with Gasteiger partial charge in [-0.2, -0.15) is 35.1 Å². The van der Waals surface area contributed by atoms with Crippen LogP contribution in [0.15, 0.2) is 0 Å². The summed E-state index contributed by atoms with van der Waals surface area (Å²) in [5, 5.41) is 0. The summed E-state index contributed by atoms with van der Waals surface area (Å²) < 4.78 is 106. The van der Waals surface area contributed by atoms with Crippen molar-refractivity contribution in [2.24, 2.45) is 0 Å². The average molecular weight is 300 g/mol. The van der Waals surface area contributed by atoms with E-state index in [9.17, 15) is 35.1 Å². The van der Waals surface area contributed by atoms with Crippen LogP contribution in [0, 0.1) is 0 Å². The lowest BCUT2D eigenvalue weighted by molar-refractivity contribution is -0.468. The van der Waals surface area contributed by atoms with Gasteiger partial charge in [-0.15, -0.1) is 0 Å². The van der Waals surface area contributed by atoms with Crippen LogP contribution in [0.1, 0.15) is 38.5 Å². The molecule has 19 heavy (non-hydrogen) atoms. The maximum absolute atomic E-state index is 13.0. The molecule has 1 heterocycles. The topological polar surface area (TPSA) is 9.23 Å². The second-order valence-corrected chi connectivity index (χ2v) is 4.46. The van der Waals surface area contributed by atoms with Gasteiger partial charge in [0.15, 0.2) is 0 Å². The van der Waals surface area contributed by atoms with Crippen LogP contribution in [0.2, 0.25) is 0 Å². The second kappa shape index (κ2) is 5.06. The maximum atomic E-state index is 13.0. The quantitative estimate of drug-likeness (QED) is 0.583. The Morgan fingerprint density at radius 2 is 0.842 bits per heavy atom. The highest BCUT2D eigenvalue weighted by atomic mass is 19.3. The molecule has 0 aliphatic carbocycles. The fourth-order valence-corrected chi connectivity index (χ4v) is 1.65. The molecule has 0 unspecified atom stereocenters. The van der Waals surface area contributed by atoms with Crippen LogP contribution in [0.25, 0.3) is 0 Å². The highest BCUT2D eigenvalue weighted by Gasteiger charge is 2.68. The van der Waals surface area contributed by atoms with Gasteiger partial charge in [0.25, 0.3) is 0 Å². The van der Waals surface area contributed by atoms with Gasteiger partial charge >= 0.3 is 24.1 Å². The first-order valence-corrected chi connectivity index (χ1v) is 5.63. The van der Waals surface area contributed by atoms with E-state index in [1.165, 1.54) is 0 Å². The number of alkyl halides is 8. The summed E-state index contributed by atoms with van der Waals surface area (Å²) in [6.07, 6.45) is -14.9. The third kappa shape index (κ3) is 3.49. The van der Waals surface area contributed by atoms with Crippen molar-refractivity contribution < 1.29 is 39.9 Å². The zero-order valence-corrected chi connectivity index (χ0v) is 9.67. The summed E-state index contributed by atoms with van der Waals surface area (Å²) in [4.78, 5) is 0. The summed E-state index contributed by atoms with van der Waals surface area (Å²) in [6.45, 7) is 0. The van der Waals surface area contributed by atoms with Crippen molar-refractivity contribution in [2.75, 3.05) is 0 Å². The van der Waals surface area contributed by atoms with Crippen molar-refractivity contribution in [2.45, 2.75) is 62.6 Å². The molecule has 0 aromatic heterocycles. The van der Waals surface area contributed by atoms with Crippen molar-refractivity contribution in [3.8, 4) is 0 Å². The summed E-state index contributed by atoms with van der Waals surface area (Å²) in [5.41, 5.74) is 0. The summed E-state index contributed by atoms with van der Waals surface area (Å²) in [6, 6.07) is 0. The van der Waals surface area contributed by atoms with Crippen LogP contribution in [0.5, 0.6) is 0 Å². The van der Waals surface area contributed by atoms with Gasteiger partial charge in [0, 0.05) is 12.8 Å². The van der Waals surface area contributed by atoms with Gasteiger partial charge in [0.05, 0.1) is 0 Å². The first-order valence-electron chi connectivity index (χ1n) is 5.63. The summed E-state index contributed by atoms with van der Waals surface area (Å²) >= 11 is 0. The second-order valence-electron chi connectivity index (χ2n) is 4.46. The average Bonchev–Trinajstić information content (AvgIpc) is 2.20. The number of hydrogen-bond acceptors (Lipinski definition) is 1.